The summed E-state index contributed by atoms with van der Waals surface area (Å²) in [7, 11) is 0. The highest BCUT2D eigenvalue weighted by atomic mass is 15.2. The molecule has 2 aliphatic heterocycles. The Labute approximate surface area is 110 Å². The summed E-state index contributed by atoms with van der Waals surface area (Å²) in [4.78, 5) is 7.38. The van der Waals surface area contributed by atoms with Crippen molar-refractivity contribution in [1.82, 2.24) is 4.90 Å². The average Bonchev–Trinajstić information content (AvgIpc) is 2.63. The van der Waals surface area contributed by atoms with Crippen molar-refractivity contribution < 1.29 is 0 Å². The van der Waals surface area contributed by atoms with E-state index >= 15 is 0 Å². The summed E-state index contributed by atoms with van der Waals surface area (Å²) in [6, 6.07) is 10.9. The first kappa shape index (κ1) is 11.8. The van der Waals surface area contributed by atoms with Gasteiger partial charge in [-0.3, -0.25) is 4.99 Å². The molecule has 0 spiro atoms. The normalized spacial score (nSPS) is 24.1. The summed E-state index contributed by atoms with van der Waals surface area (Å²) < 4.78 is 0. The quantitative estimate of drug-likeness (QED) is 0.778. The van der Waals surface area contributed by atoms with Gasteiger partial charge in [0.1, 0.15) is 5.84 Å². The number of benzene rings is 1. The van der Waals surface area contributed by atoms with Crippen LogP contribution in [0.5, 0.6) is 0 Å². The van der Waals surface area contributed by atoms with E-state index in [2.05, 4.69) is 35.2 Å². The fourth-order valence-corrected chi connectivity index (χ4v) is 3.20. The lowest BCUT2D eigenvalue weighted by Gasteiger charge is -2.31. The number of fused-ring (bicyclic) bond motifs is 1. The van der Waals surface area contributed by atoms with Gasteiger partial charge in [-0.05, 0) is 31.2 Å². The number of hydrogen-bond acceptors (Lipinski definition) is 2. The standard InChI is InChI=1S/C16H22N2/c1-2-7-14(8-3-1)13-15-9-4-5-11-18-12-6-10-17-16(15)18/h1-3,7-8,15H,4-6,9-13H2. The number of amidine groups is 1. The molecule has 1 aromatic rings. The molecule has 0 radical (unpaired) electrons. The van der Waals surface area contributed by atoms with E-state index in [0.717, 1.165) is 13.0 Å². The number of rotatable bonds is 2. The van der Waals surface area contributed by atoms with Crippen LogP contribution in [-0.2, 0) is 6.42 Å². The van der Waals surface area contributed by atoms with Crippen molar-refractivity contribution in [3.8, 4) is 0 Å². The summed E-state index contributed by atoms with van der Waals surface area (Å²) in [5.74, 6) is 2.05. The van der Waals surface area contributed by atoms with Crippen LogP contribution in [0.25, 0.3) is 0 Å². The van der Waals surface area contributed by atoms with Crippen molar-refractivity contribution in [3.63, 3.8) is 0 Å². The van der Waals surface area contributed by atoms with Crippen molar-refractivity contribution in [2.45, 2.75) is 32.1 Å². The largest absolute Gasteiger partial charge is 0.360 e. The van der Waals surface area contributed by atoms with Gasteiger partial charge in [0, 0.05) is 25.6 Å². The van der Waals surface area contributed by atoms with Gasteiger partial charge in [0.2, 0.25) is 0 Å². The fraction of sp³-hybridized carbons (Fsp3) is 0.562. The highest BCUT2D eigenvalue weighted by Crippen LogP contribution is 2.24. The topological polar surface area (TPSA) is 15.6 Å². The third-order valence-corrected chi connectivity index (χ3v) is 4.10. The lowest BCUT2D eigenvalue weighted by molar-refractivity contribution is 0.383. The van der Waals surface area contributed by atoms with Gasteiger partial charge in [-0.2, -0.15) is 0 Å². The lowest BCUT2D eigenvalue weighted by atomic mass is 9.93. The number of hydrogen-bond donors (Lipinski definition) is 0. The Hall–Kier alpha value is -1.31. The zero-order valence-electron chi connectivity index (χ0n) is 11.0. The first-order valence-electron chi connectivity index (χ1n) is 7.27. The molecule has 1 saturated heterocycles. The zero-order chi connectivity index (χ0) is 12.2. The predicted octanol–water partition coefficient (Wildman–Crippen LogP) is 3.13. The Kier molecular flexibility index (Phi) is 3.63. The highest BCUT2D eigenvalue weighted by molar-refractivity contribution is 5.85. The Morgan fingerprint density at radius 2 is 1.89 bits per heavy atom. The molecule has 0 bridgehead atoms. The molecule has 0 N–H and O–H groups in total. The van der Waals surface area contributed by atoms with Crippen LogP contribution in [0.3, 0.4) is 0 Å². The Bertz CT molecular complexity index is 410. The molecule has 1 aromatic carbocycles. The van der Waals surface area contributed by atoms with Crippen LogP contribution in [0.2, 0.25) is 0 Å². The van der Waals surface area contributed by atoms with Gasteiger partial charge in [-0.1, -0.05) is 36.8 Å². The van der Waals surface area contributed by atoms with Crippen LogP contribution in [0.4, 0.5) is 0 Å². The second-order valence-corrected chi connectivity index (χ2v) is 5.46. The molecule has 2 heteroatoms. The maximum Gasteiger partial charge on any atom is 0.102 e. The van der Waals surface area contributed by atoms with Crippen molar-refractivity contribution in [1.29, 1.82) is 0 Å². The molecule has 2 heterocycles. The van der Waals surface area contributed by atoms with E-state index in [4.69, 9.17) is 4.99 Å². The van der Waals surface area contributed by atoms with Gasteiger partial charge in [0.05, 0.1) is 0 Å². The second-order valence-electron chi connectivity index (χ2n) is 5.46. The molecule has 96 valence electrons. The molecule has 0 saturated carbocycles. The maximum atomic E-state index is 4.83. The van der Waals surface area contributed by atoms with E-state index in [9.17, 15) is 0 Å². The fourth-order valence-electron chi connectivity index (χ4n) is 3.20. The van der Waals surface area contributed by atoms with Gasteiger partial charge in [-0.25, -0.2) is 0 Å². The van der Waals surface area contributed by atoms with Crippen molar-refractivity contribution in [2.75, 3.05) is 19.6 Å². The van der Waals surface area contributed by atoms with Crippen LogP contribution >= 0.6 is 0 Å². The Balaban J connectivity index is 1.78. The van der Waals surface area contributed by atoms with Crippen LogP contribution < -0.4 is 0 Å². The summed E-state index contributed by atoms with van der Waals surface area (Å²) in [6.45, 7) is 3.49. The minimum absolute atomic E-state index is 0.648. The van der Waals surface area contributed by atoms with Gasteiger partial charge < -0.3 is 4.90 Å². The van der Waals surface area contributed by atoms with E-state index in [1.54, 1.807) is 0 Å². The van der Waals surface area contributed by atoms with Gasteiger partial charge >= 0.3 is 0 Å². The molecule has 1 unspecified atom stereocenters. The van der Waals surface area contributed by atoms with E-state index in [-0.39, 0.29) is 0 Å². The van der Waals surface area contributed by atoms with Crippen molar-refractivity contribution in [3.05, 3.63) is 35.9 Å². The molecule has 0 aliphatic carbocycles. The molecule has 0 amide bonds. The van der Waals surface area contributed by atoms with Crippen LogP contribution in [0.1, 0.15) is 31.2 Å². The minimum atomic E-state index is 0.648. The van der Waals surface area contributed by atoms with Gasteiger partial charge in [-0.15, -0.1) is 0 Å². The first-order chi connectivity index (χ1) is 8.93. The summed E-state index contributed by atoms with van der Waals surface area (Å²) in [6.07, 6.45) is 6.40. The van der Waals surface area contributed by atoms with Crippen molar-refractivity contribution in [2.24, 2.45) is 10.9 Å². The average molecular weight is 242 g/mol. The van der Waals surface area contributed by atoms with Gasteiger partial charge in [0.25, 0.3) is 0 Å². The first-order valence-corrected chi connectivity index (χ1v) is 7.27. The smallest absolute Gasteiger partial charge is 0.102 e. The van der Waals surface area contributed by atoms with E-state index < -0.39 is 0 Å². The minimum Gasteiger partial charge on any atom is -0.360 e. The van der Waals surface area contributed by atoms with E-state index in [1.165, 1.54) is 50.2 Å². The van der Waals surface area contributed by atoms with E-state index in [1.807, 2.05) is 0 Å². The molecule has 1 fully saturated rings. The third kappa shape index (κ3) is 2.58. The molecule has 2 aliphatic rings. The Morgan fingerprint density at radius 1 is 1.06 bits per heavy atom. The van der Waals surface area contributed by atoms with Crippen LogP contribution in [-0.4, -0.2) is 30.4 Å². The molecule has 3 rings (SSSR count). The highest BCUT2D eigenvalue weighted by Gasteiger charge is 2.26. The summed E-state index contributed by atoms with van der Waals surface area (Å²) >= 11 is 0. The molecule has 0 aromatic heterocycles. The zero-order valence-corrected chi connectivity index (χ0v) is 11.0. The third-order valence-electron chi connectivity index (χ3n) is 4.10. The summed E-state index contributed by atoms with van der Waals surface area (Å²) in [5.41, 5.74) is 1.46. The molecular weight excluding hydrogens is 220 g/mol. The molecule has 18 heavy (non-hydrogen) atoms. The molecular formula is C16H22N2. The number of aliphatic imine (C=N–C) groups is 1. The molecule has 2 nitrogen and oxygen atoms in total. The maximum absolute atomic E-state index is 4.83. The second kappa shape index (κ2) is 5.55. The Morgan fingerprint density at radius 3 is 2.78 bits per heavy atom. The SMILES string of the molecule is c1ccc(CC2CCCCN3CCCN=C23)cc1. The lowest BCUT2D eigenvalue weighted by Crippen LogP contribution is -2.39. The summed E-state index contributed by atoms with van der Waals surface area (Å²) in [5, 5.41) is 0. The van der Waals surface area contributed by atoms with Crippen LogP contribution in [0, 0.1) is 5.92 Å². The molecule has 1 atom stereocenters. The monoisotopic (exact) mass is 242 g/mol. The predicted molar refractivity (Wildman–Crippen MR) is 76.0 cm³/mol. The van der Waals surface area contributed by atoms with Crippen molar-refractivity contribution >= 4 is 5.84 Å². The van der Waals surface area contributed by atoms with E-state index in [0.29, 0.717) is 5.92 Å². The van der Waals surface area contributed by atoms with Gasteiger partial charge in [0.15, 0.2) is 0 Å². The number of nitrogens with zero attached hydrogens (tertiary/aromatic N) is 2. The van der Waals surface area contributed by atoms with Crippen LogP contribution in [0.15, 0.2) is 35.3 Å².